The van der Waals surface area contributed by atoms with Gasteiger partial charge in [0.05, 0.1) is 9.82 Å². The minimum absolute atomic E-state index is 0.0857. The highest BCUT2D eigenvalue weighted by molar-refractivity contribution is 7.89. The number of carbonyl (C=O) groups is 1. The molecule has 1 amide bonds. The lowest BCUT2D eigenvalue weighted by Crippen LogP contribution is -2.51. The fraction of sp³-hybridized carbons (Fsp3) is 0.562. The van der Waals surface area contributed by atoms with Crippen molar-refractivity contribution in [1.29, 1.82) is 0 Å². The topological polar surface area (TPSA) is 110 Å². The van der Waals surface area contributed by atoms with Crippen LogP contribution < -0.4 is 0 Å². The number of sulfonamides is 1. The standard InChI is InChI=1S/C16H23N3O6S/c1-12-5-6-13(19(21)22)11-14(12)26(23,24)18-9-7-17(8-10-18)15(20)25-16(2,3)4/h5-6,11H,7-10H2,1-4H3. The summed E-state index contributed by atoms with van der Waals surface area (Å²) < 4.78 is 32.2. The first-order valence-corrected chi connectivity index (χ1v) is 9.59. The second-order valence-electron chi connectivity index (χ2n) is 7.08. The number of hydrogen-bond acceptors (Lipinski definition) is 6. The summed E-state index contributed by atoms with van der Waals surface area (Å²) in [5.74, 6) is 0. The predicted molar refractivity (Wildman–Crippen MR) is 94.4 cm³/mol. The van der Waals surface area contributed by atoms with Crippen molar-refractivity contribution < 1.29 is 22.9 Å². The van der Waals surface area contributed by atoms with Gasteiger partial charge in [-0.05, 0) is 33.3 Å². The van der Waals surface area contributed by atoms with Gasteiger partial charge >= 0.3 is 6.09 Å². The molecule has 1 fully saturated rings. The molecule has 9 nitrogen and oxygen atoms in total. The molecule has 1 aromatic rings. The van der Waals surface area contributed by atoms with Gasteiger partial charge in [-0.25, -0.2) is 13.2 Å². The van der Waals surface area contributed by atoms with E-state index in [4.69, 9.17) is 4.74 Å². The van der Waals surface area contributed by atoms with Gasteiger partial charge in [-0.3, -0.25) is 10.1 Å². The van der Waals surface area contributed by atoms with Gasteiger partial charge in [0.1, 0.15) is 5.60 Å². The fourth-order valence-corrected chi connectivity index (χ4v) is 4.22. The van der Waals surface area contributed by atoms with Gasteiger partial charge in [-0.2, -0.15) is 4.31 Å². The zero-order chi connectivity index (χ0) is 19.7. The van der Waals surface area contributed by atoms with Gasteiger partial charge in [-0.15, -0.1) is 0 Å². The minimum atomic E-state index is -3.88. The molecule has 1 saturated heterocycles. The van der Waals surface area contributed by atoms with Gasteiger partial charge in [-0.1, -0.05) is 6.07 Å². The Hall–Kier alpha value is -2.20. The highest BCUT2D eigenvalue weighted by Gasteiger charge is 2.33. The summed E-state index contributed by atoms with van der Waals surface area (Å²) in [7, 11) is -3.88. The first-order valence-electron chi connectivity index (χ1n) is 8.15. The van der Waals surface area contributed by atoms with E-state index in [1.165, 1.54) is 21.3 Å². The molecule has 0 saturated carbocycles. The Kier molecular flexibility index (Phi) is 5.57. The molecule has 0 unspecified atom stereocenters. The maximum absolute atomic E-state index is 12.9. The third-order valence-corrected chi connectivity index (χ3v) is 5.93. The number of amides is 1. The third kappa shape index (κ3) is 4.50. The van der Waals surface area contributed by atoms with E-state index < -0.39 is 26.6 Å². The summed E-state index contributed by atoms with van der Waals surface area (Å²) >= 11 is 0. The Bertz CT molecular complexity index is 808. The van der Waals surface area contributed by atoms with Crippen molar-refractivity contribution in [2.75, 3.05) is 26.2 Å². The first kappa shape index (κ1) is 20.1. The second kappa shape index (κ2) is 7.20. The molecule has 0 aliphatic carbocycles. The van der Waals surface area contributed by atoms with Gasteiger partial charge < -0.3 is 9.64 Å². The number of benzene rings is 1. The highest BCUT2D eigenvalue weighted by atomic mass is 32.2. The zero-order valence-electron chi connectivity index (χ0n) is 15.3. The predicted octanol–water partition coefficient (Wildman–Crippen LogP) is 2.14. The van der Waals surface area contributed by atoms with Crippen LogP contribution in [0, 0.1) is 17.0 Å². The average molecular weight is 385 g/mol. The van der Waals surface area contributed by atoms with Crippen LogP contribution in [-0.4, -0.2) is 60.4 Å². The molecule has 1 aliphatic heterocycles. The van der Waals surface area contributed by atoms with Crippen LogP contribution in [-0.2, 0) is 14.8 Å². The summed E-state index contributed by atoms with van der Waals surface area (Å²) in [6.45, 7) is 7.47. The van der Waals surface area contributed by atoms with Crippen molar-refractivity contribution in [3.8, 4) is 0 Å². The number of nitro benzene ring substituents is 1. The maximum Gasteiger partial charge on any atom is 0.410 e. The van der Waals surface area contributed by atoms with E-state index in [2.05, 4.69) is 0 Å². The molecular weight excluding hydrogens is 362 g/mol. The van der Waals surface area contributed by atoms with Gasteiger partial charge in [0.25, 0.3) is 5.69 Å². The molecule has 0 N–H and O–H groups in total. The van der Waals surface area contributed by atoms with Crippen LogP contribution in [0.4, 0.5) is 10.5 Å². The van der Waals surface area contributed by atoms with Crippen LogP contribution in [0.25, 0.3) is 0 Å². The maximum atomic E-state index is 12.9. The number of non-ortho nitro benzene ring substituents is 1. The summed E-state index contributed by atoms with van der Waals surface area (Å²) in [4.78, 5) is 23.8. The molecule has 0 aromatic heterocycles. The number of aryl methyl sites for hydroxylation is 1. The smallest absolute Gasteiger partial charge is 0.410 e. The first-order chi connectivity index (χ1) is 11.9. The minimum Gasteiger partial charge on any atom is -0.444 e. The number of carbonyl (C=O) groups excluding carboxylic acids is 1. The van der Waals surface area contributed by atoms with Crippen LogP contribution in [0.15, 0.2) is 23.1 Å². The SMILES string of the molecule is Cc1ccc([N+](=O)[O-])cc1S(=O)(=O)N1CCN(C(=O)OC(C)(C)C)CC1. The van der Waals surface area contributed by atoms with E-state index >= 15 is 0 Å². The summed E-state index contributed by atoms with van der Waals surface area (Å²) in [6, 6.07) is 3.77. The molecular formula is C16H23N3O6S. The Morgan fingerprint density at radius 1 is 1.19 bits per heavy atom. The van der Waals surface area contributed by atoms with Gasteiger partial charge in [0.15, 0.2) is 0 Å². The van der Waals surface area contributed by atoms with E-state index in [9.17, 15) is 23.3 Å². The molecule has 10 heteroatoms. The fourth-order valence-electron chi connectivity index (χ4n) is 2.56. The molecule has 2 rings (SSSR count). The largest absolute Gasteiger partial charge is 0.444 e. The number of ether oxygens (including phenoxy) is 1. The zero-order valence-corrected chi connectivity index (χ0v) is 16.1. The van der Waals surface area contributed by atoms with Crippen LogP contribution in [0.1, 0.15) is 26.3 Å². The summed E-state index contributed by atoms with van der Waals surface area (Å²) in [5.41, 5.74) is -0.466. The van der Waals surface area contributed by atoms with E-state index in [1.54, 1.807) is 27.7 Å². The third-order valence-electron chi connectivity index (χ3n) is 3.89. The van der Waals surface area contributed by atoms with E-state index in [1.807, 2.05) is 0 Å². The van der Waals surface area contributed by atoms with Crippen molar-refractivity contribution in [1.82, 2.24) is 9.21 Å². The summed E-state index contributed by atoms with van der Waals surface area (Å²) in [5, 5.41) is 10.9. The van der Waals surface area contributed by atoms with Crippen molar-refractivity contribution in [2.24, 2.45) is 0 Å². The van der Waals surface area contributed by atoms with Gasteiger partial charge in [0, 0.05) is 38.3 Å². The highest BCUT2D eigenvalue weighted by Crippen LogP contribution is 2.25. The molecule has 1 heterocycles. The van der Waals surface area contributed by atoms with Crippen LogP contribution in [0.2, 0.25) is 0 Å². The molecule has 0 radical (unpaired) electrons. The molecule has 144 valence electrons. The summed E-state index contributed by atoms with van der Waals surface area (Å²) in [6.07, 6.45) is -0.485. The van der Waals surface area contributed by atoms with Gasteiger partial charge in [0.2, 0.25) is 10.0 Å². The lowest BCUT2D eigenvalue weighted by atomic mass is 10.2. The monoisotopic (exact) mass is 385 g/mol. The Labute approximate surface area is 152 Å². The molecule has 0 bridgehead atoms. The Balaban J connectivity index is 2.15. The number of rotatable bonds is 3. The lowest BCUT2D eigenvalue weighted by Gasteiger charge is -2.35. The van der Waals surface area contributed by atoms with E-state index in [0.29, 0.717) is 5.56 Å². The van der Waals surface area contributed by atoms with Crippen molar-refractivity contribution in [3.05, 3.63) is 33.9 Å². The molecule has 0 spiro atoms. The van der Waals surface area contributed by atoms with Crippen LogP contribution in [0.3, 0.4) is 0 Å². The Morgan fingerprint density at radius 2 is 1.77 bits per heavy atom. The van der Waals surface area contributed by atoms with E-state index in [0.717, 1.165) is 6.07 Å². The number of hydrogen-bond donors (Lipinski definition) is 0. The average Bonchev–Trinajstić information content (AvgIpc) is 2.53. The van der Waals surface area contributed by atoms with Crippen LogP contribution in [0.5, 0.6) is 0 Å². The molecule has 26 heavy (non-hydrogen) atoms. The number of piperazine rings is 1. The Morgan fingerprint density at radius 3 is 2.27 bits per heavy atom. The van der Waals surface area contributed by atoms with Crippen molar-refractivity contribution in [2.45, 2.75) is 38.2 Å². The second-order valence-corrected chi connectivity index (χ2v) is 8.98. The number of nitro groups is 1. The van der Waals surface area contributed by atoms with Crippen molar-refractivity contribution in [3.63, 3.8) is 0 Å². The molecule has 0 atom stereocenters. The normalized spacial score (nSPS) is 16.4. The molecule has 1 aromatic carbocycles. The van der Waals surface area contributed by atoms with E-state index in [-0.39, 0.29) is 36.8 Å². The van der Waals surface area contributed by atoms with Crippen LogP contribution >= 0.6 is 0 Å². The number of nitrogens with zero attached hydrogens (tertiary/aromatic N) is 3. The quantitative estimate of drug-likeness (QED) is 0.582. The lowest BCUT2D eigenvalue weighted by molar-refractivity contribution is -0.385. The molecule has 1 aliphatic rings. The van der Waals surface area contributed by atoms with Crippen molar-refractivity contribution >= 4 is 21.8 Å².